The predicted molar refractivity (Wildman–Crippen MR) is 52.7 cm³/mol. The van der Waals surface area contributed by atoms with Crippen LogP contribution >= 0.6 is 0 Å². The van der Waals surface area contributed by atoms with Gasteiger partial charge in [-0.05, 0) is 13.8 Å². The molecule has 0 N–H and O–H groups in total. The Balaban J connectivity index is 4.57. The number of hydrogen-bond acceptors (Lipinski definition) is 5. The molecule has 84 valence electrons. The first-order chi connectivity index (χ1) is 7.17. The Hall–Kier alpha value is -1.65. The Morgan fingerprint density at radius 3 is 2.20 bits per heavy atom. The Morgan fingerprint density at radius 1 is 1.13 bits per heavy atom. The lowest BCUT2D eigenvalue weighted by atomic mass is 10.3. The van der Waals surface area contributed by atoms with Crippen molar-refractivity contribution in [2.24, 2.45) is 0 Å². The van der Waals surface area contributed by atoms with Gasteiger partial charge in [0.25, 0.3) is 0 Å². The first kappa shape index (κ1) is 13.4. The summed E-state index contributed by atoms with van der Waals surface area (Å²) in [6, 6.07) is 0. The third kappa shape index (κ3) is 4.95. The average Bonchev–Trinajstić information content (AvgIpc) is 2.19. The Labute approximate surface area is 89.0 Å². The largest absolute Gasteiger partial charge is 0.500 e. The second-order valence-electron chi connectivity index (χ2n) is 2.34. The van der Waals surface area contributed by atoms with Crippen LogP contribution in [0, 0.1) is 6.92 Å². The summed E-state index contributed by atoms with van der Waals surface area (Å²) in [4.78, 5) is 22.5. The van der Waals surface area contributed by atoms with E-state index in [0.717, 1.165) is 6.26 Å². The number of esters is 2. The highest BCUT2D eigenvalue weighted by molar-refractivity contribution is 6.13. The molecule has 0 aliphatic heterocycles. The summed E-state index contributed by atoms with van der Waals surface area (Å²) < 4.78 is 14.1. The van der Waals surface area contributed by atoms with E-state index in [1.54, 1.807) is 13.8 Å². The van der Waals surface area contributed by atoms with Crippen LogP contribution in [0.25, 0.3) is 0 Å². The molecular formula is C10H15O5+. The lowest BCUT2D eigenvalue weighted by Crippen LogP contribution is -2.18. The minimum atomic E-state index is -0.795. The van der Waals surface area contributed by atoms with Crippen molar-refractivity contribution in [2.45, 2.75) is 13.8 Å². The fourth-order valence-corrected chi connectivity index (χ4v) is 0.726. The Kier molecular flexibility index (Phi) is 6.88. The molecule has 0 amide bonds. The molecular weight excluding hydrogens is 200 g/mol. The van der Waals surface area contributed by atoms with Gasteiger partial charge in [0.05, 0.1) is 13.2 Å². The molecule has 0 rings (SSSR count). The van der Waals surface area contributed by atoms with Crippen LogP contribution in [-0.2, 0) is 23.8 Å². The zero-order valence-electron chi connectivity index (χ0n) is 8.95. The normalized spacial score (nSPS) is 10.7. The molecule has 0 fully saturated rings. The van der Waals surface area contributed by atoms with E-state index < -0.39 is 11.9 Å². The minimum absolute atomic E-state index is 0.0539. The first-order valence-electron chi connectivity index (χ1n) is 4.62. The molecule has 0 aromatic rings. The van der Waals surface area contributed by atoms with Gasteiger partial charge >= 0.3 is 11.9 Å². The second-order valence-corrected chi connectivity index (χ2v) is 2.34. The van der Waals surface area contributed by atoms with Gasteiger partial charge in [-0.25, -0.2) is 9.59 Å². The maximum atomic E-state index is 11.3. The molecule has 5 nitrogen and oxygen atoms in total. The zero-order chi connectivity index (χ0) is 11.7. The standard InChI is InChI=1S/C10H15O5/c1-4-13-7-8(9(11)14-5-2)10(12)15-6-3/h7H,2,4-6H2,1,3H3/q+1/b8-7+. The molecule has 0 radical (unpaired) electrons. The maximum Gasteiger partial charge on any atom is 0.352 e. The number of hydrogen-bond donors (Lipinski definition) is 0. The number of rotatable bonds is 6. The molecule has 5 heteroatoms. The van der Waals surface area contributed by atoms with Gasteiger partial charge in [0, 0.05) is 0 Å². The topological polar surface area (TPSA) is 61.8 Å². The monoisotopic (exact) mass is 215 g/mol. The molecule has 0 saturated carbocycles. The van der Waals surface area contributed by atoms with Crippen LogP contribution in [0.1, 0.15) is 13.8 Å². The summed E-state index contributed by atoms with van der Waals surface area (Å²) in [6.07, 6.45) is 1.04. The van der Waals surface area contributed by atoms with E-state index >= 15 is 0 Å². The molecule has 0 bridgehead atoms. The molecule has 0 saturated heterocycles. The van der Waals surface area contributed by atoms with Crippen molar-refractivity contribution in [3.8, 4) is 0 Å². The Morgan fingerprint density at radius 2 is 1.73 bits per heavy atom. The lowest BCUT2D eigenvalue weighted by molar-refractivity contribution is -0.146. The zero-order valence-corrected chi connectivity index (χ0v) is 8.95. The van der Waals surface area contributed by atoms with Crippen LogP contribution in [0.4, 0.5) is 0 Å². The minimum Gasteiger partial charge on any atom is -0.500 e. The molecule has 0 unspecified atom stereocenters. The molecule has 15 heavy (non-hydrogen) atoms. The van der Waals surface area contributed by atoms with E-state index in [0.29, 0.717) is 6.61 Å². The lowest BCUT2D eigenvalue weighted by Gasteiger charge is -2.04. The van der Waals surface area contributed by atoms with E-state index in [1.165, 1.54) is 0 Å². The molecule has 0 aromatic carbocycles. The van der Waals surface area contributed by atoms with Crippen LogP contribution in [0.5, 0.6) is 0 Å². The highest BCUT2D eigenvalue weighted by atomic mass is 16.6. The molecule has 0 aliphatic carbocycles. The van der Waals surface area contributed by atoms with Gasteiger partial charge in [0.1, 0.15) is 13.2 Å². The SMILES string of the molecule is [CH2+]COC(=O)/C(=C\OCC)C(=O)OCC. The average molecular weight is 215 g/mol. The fraction of sp³-hybridized carbons (Fsp3) is 0.500. The third-order valence-electron chi connectivity index (χ3n) is 1.32. The summed E-state index contributed by atoms with van der Waals surface area (Å²) in [6.45, 7) is 7.17. The summed E-state index contributed by atoms with van der Waals surface area (Å²) in [5.74, 6) is -1.55. The van der Waals surface area contributed by atoms with E-state index in [1.807, 2.05) is 0 Å². The van der Waals surface area contributed by atoms with Crippen LogP contribution in [0.3, 0.4) is 0 Å². The van der Waals surface area contributed by atoms with Crippen LogP contribution in [0.15, 0.2) is 11.8 Å². The van der Waals surface area contributed by atoms with Crippen molar-refractivity contribution < 1.29 is 23.8 Å². The highest BCUT2D eigenvalue weighted by Gasteiger charge is 2.22. The van der Waals surface area contributed by atoms with Gasteiger partial charge in [-0.15, -0.1) is 0 Å². The summed E-state index contributed by atoms with van der Waals surface area (Å²) in [7, 11) is 0. The Bertz CT molecular complexity index is 224. The maximum absolute atomic E-state index is 11.3. The van der Waals surface area contributed by atoms with E-state index in [2.05, 4.69) is 16.4 Å². The molecule has 0 aromatic heterocycles. The summed E-state index contributed by atoms with van der Waals surface area (Å²) in [5, 5.41) is 0. The smallest absolute Gasteiger partial charge is 0.352 e. The fourth-order valence-electron chi connectivity index (χ4n) is 0.726. The molecule has 0 aliphatic rings. The van der Waals surface area contributed by atoms with Crippen molar-refractivity contribution in [2.75, 3.05) is 19.8 Å². The highest BCUT2D eigenvalue weighted by Crippen LogP contribution is 2.02. The number of ether oxygens (including phenoxy) is 3. The van der Waals surface area contributed by atoms with Gasteiger partial charge in [-0.1, -0.05) is 0 Å². The number of carbonyl (C=O) groups is 2. The van der Waals surface area contributed by atoms with Crippen LogP contribution in [0.2, 0.25) is 0 Å². The van der Waals surface area contributed by atoms with Crippen molar-refractivity contribution in [3.05, 3.63) is 18.8 Å². The molecule has 0 atom stereocenters. The number of carbonyl (C=O) groups excluding carboxylic acids is 2. The third-order valence-corrected chi connectivity index (χ3v) is 1.32. The van der Waals surface area contributed by atoms with Gasteiger partial charge in [0.15, 0.2) is 5.57 Å². The van der Waals surface area contributed by atoms with E-state index in [-0.39, 0.29) is 18.8 Å². The van der Waals surface area contributed by atoms with Crippen molar-refractivity contribution in [1.82, 2.24) is 0 Å². The predicted octanol–water partition coefficient (Wildman–Crippen LogP) is 0.847. The van der Waals surface area contributed by atoms with E-state index in [9.17, 15) is 9.59 Å². The van der Waals surface area contributed by atoms with Gasteiger partial charge in [-0.3, -0.25) is 0 Å². The summed E-state index contributed by atoms with van der Waals surface area (Å²) in [5.41, 5.74) is -0.262. The van der Waals surface area contributed by atoms with Crippen molar-refractivity contribution >= 4 is 11.9 Å². The van der Waals surface area contributed by atoms with Crippen molar-refractivity contribution in [3.63, 3.8) is 0 Å². The summed E-state index contributed by atoms with van der Waals surface area (Å²) >= 11 is 0. The molecule has 0 heterocycles. The van der Waals surface area contributed by atoms with E-state index in [4.69, 9.17) is 4.74 Å². The molecule has 0 spiro atoms. The van der Waals surface area contributed by atoms with Crippen molar-refractivity contribution in [1.29, 1.82) is 0 Å². The first-order valence-corrected chi connectivity index (χ1v) is 4.62. The van der Waals surface area contributed by atoms with Gasteiger partial charge in [-0.2, -0.15) is 0 Å². The van der Waals surface area contributed by atoms with Crippen LogP contribution < -0.4 is 0 Å². The van der Waals surface area contributed by atoms with Crippen LogP contribution in [-0.4, -0.2) is 31.8 Å². The quantitative estimate of drug-likeness (QED) is 0.164. The van der Waals surface area contributed by atoms with Gasteiger partial charge in [0.2, 0.25) is 6.61 Å². The second kappa shape index (κ2) is 7.73. The van der Waals surface area contributed by atoms with Gasteiger partial charge < -0.3 is 14.2 Å².